The first-order valence-corrected chi connectivity index (χ1v) is 5.54. The first-order chi connectivity index (χ1) is 8.79. The average molecular weight is 241 g/mol. The fourth-order valence-corrected chi connectivity index (χ4v) is 2.02. The quantitative estimate of drug-likeness (QED) is 0.840. The van der Waals surface area contributed by atoms with Crippen LogP contribution in [0.2, 0.25) is 0 Å². The molecule has 0 saturated heterocycles. The number of carbonyl (C=O) groups excluding carboxylic acids is 1. The van der Waals surface area contributed by atoms with Gasteiger partial charge >= 0.3 is 0 Å². The van der Waals surface area contributed by atoms with E-state index < -0.39 is 0 Å². The van der Waals surface area contributed by atoms with Crippen LogP contribution in [0, 0.1) is 0 Å². The van der Waals surface area contributed by atoms with Crippen LogP contribution in [0.4, 0.5) is 0 Å². The zero-order chi connectivity index (χ0) is 12.5. The number of methoxy groups -OCH3 is 1. The Morgan fingerprint density at radius 1 is 1.28 bits per heavy atom. The highest BCUT2D eigenvalue weighted by atomic mass is 16.5. The lowest BCUT2D eigenvalue weighted by Gasteiger charge is -2.16. The van der Waals surface area contributed by atoms with Crippen LogP contribution in [0.25, 0.3) is 5.57 Å². The first-order valence-electron chi connectivity index (χ1n) is 5.54. The van der Waals surface area contributed by atoms with Gasteiger partial charge in [-0.15, -0.1) is 0 Å². The molecule has 0 fully saturated rings. The summed E-state index contributed by atoms with van der Waals surface area (Å²) in [5.41, 5.74) is 2.37. The normalized spacial score (nSPS) is 20.9. The predicted octanol–water partition coefficient (Wildman–Crippen LogP) is 1.02. The van der Waals surface area contributed by atoms with Gasteiger partial charge in [-0.25, -0.2) is 0 Å². The lowest BCUT2D eigenvalue weighted by molar-refractivity contribution is -0.113. The van der Waals surface area contributed by atoms with Crippen molar-refractivity contribution in [2.75, 3.05) is 7.11 Å². The van der Waals surface area contributed by atoms with Gasteiger partial charge in [0.1, 0.15) is 17.5 Å². The number of rotatable bonds is 2. The number of fused-ring (bicyclic) bond motifs is 1. The minimum Gasteiger partial charge on any atom is -0.497 e. The lowest BCUT2D eigenvalue weighted by Crippen LogP contribution is -2.40. The number of benzene rings is 1. The number of amides is 1. The Morgan fingerprint density at radius 3 is 2.78 bits per heavy atom. The fourth-order valence-electron chi connectivity index (χ4n) is 2.02. The van der Waals surface area contributed by atoms with E-state index in [1.807, 2.05) is 24.3 Å². The van der Waals surface area contributed by atoms with E-state index in [9.17, 15) is 4.79 Å². The minimum atomic E-state index is -0.285. The van der Waals surface area contributed by atoms with E-state index in [4.69, 9.17) is 4.74 Å². The molecule has 1 unspecified atom stereocenters. The van der Waals surface area contributed by atoms with E-state index in [0.717, 1.165) is 16.9 Å². The summed E-state index contributed by atoms with van der Waals surface area (Å²) in [6.45, 7) is 0. The molecule has 3 rings (SSSR count). The van der Waals surface area contributed by atoms with Gasteiger partial charge in [-0.3, -0.25) is 14.8 Å². The molecule has 0 radical (unpaired) electrons. The highest BCUT2D eigenvalue weighted by Crippen LogP contribution is 2.28. The van der Waals surface area contributed by atoms with E-state index in [1.54, 1.807) is 13.3 Å². The Bertz CT molecular complexity index is 585. The molecule has 2 heterocycles. The number of hydrogen-bond donors (Lipinski definition) is 1. The van der Waals surface area contributed by atoms with E-state index >= 15 is 0 Å². The highest BCUT2D eigenvalue weighted by molar-refractivity contribution is 6.46. The molecule has 1 aromatic rings. The van der Waals surface area contributed by atoms with Crippen molar-refractivity contribution in [3.05, 3.63) is 36.0 Å². The molecule has 0 aromatic heterocycles. The summed E-state index contributed by atoms with van der Waals surface area (Å²) in [6.07, 6.45) is 3.12. The van der Waals surface area contributed by atoms with Crippen LogP contribution in [0.5, 0.6) is 5.75 Å². The molecule has 1 N–H and O–H groups in total. The summed E-state index contributed by atoms with van der Waals surface area (Å²) in [5.74, 6) is 0.609. The molecule has 0 saturated carbocycles. The molecule has 5 heteroatoms. The summed E-state index contributed by atoms with van der Waals surface area (Å²) in [6, 6.07) is 7.34. The van der Waals surface area contributed by atoms with Gasteiger partial charge < -0.3 is 10.1 Å². The molecule has 2 aliphatic heterocycles. The van der Waals surface area contributed by atoms with Crippen molar-refractivity contribution in [1.82, 2.24) is 5.32 Å². The Labute approximate surface area is 104 Å². The maximum absolute atomic E-state index is 11.6. The van der Waals surface area contributed by atoms with Crippen LogP contribution in [0.3, 0.4) is 0 Å². The third kappa shape index (κ3) is 1.60. The average Bonchev–Trinajstić information content (AvgIpc) is 2.84. The van der Waals surface area contributed by atoms with E-state index in [2.05, 4.69) is 15.3 Å². The van der Waals surface area contributed by atoms with Gasteiger partial charge in [0.15, 0.2) is 0 Å². The van der Waals surface area contributed by atoms with E-state index in [0.29, 0.717) is 5.71 Å². The molecule has 0 spiro atoms. The van der Waals surface area contributed by atoms with Gasteiger partial charge in [0, 0.05) is 11.8 Å². The van der Waals surface area contributed by atoms with Crippen LogP contribution in [0.1, 0.15) is 5.56 Å². The summed E-state index contributed by atoms with van der Waals surface area (Å²) >= 11 is 0. The molecule has 1 amide bonds. The summed E-state index contributed by atoms with van der Waals surface area (Å²) in [4.78, 5) is 20.0. The standard InChI is InChI=1S/C13H11N3O2/c1-18-9-4-2-8(3-5-9)10-6-14-12-11(10)15-7-16-13(12)17/h2-7,11H,1H3,(H,15,16,17). The molecule has 18 heavy (non-hydrogen) atoms. The third-order valence-electron chi connectivity index (χ3n) is 2.97. The molecule has 0 aliphatic carbocycles. The van der Waals surface area contributed by atoms with Crippen molar-refractivity contribution < 1.29 is 9.53 Å². The Kier molecular flexibility index (Phi) is 2.44. The molecule has 90 valence electrons. The van der Waals surface area contributed by atoms with Gasteiger partial charge in [-0.2, -0.15) is 0 Å². The van der Waals surface area contributed by atoms with Crippen molar-refractivity contribution in [2.45, 2.75) is 6.04 Å². The Hall–Kier alpha value is -2.43. The second-order valence-electron chi connectivity index (χ2n) is 3.98. The number of hydrogen-bond acceptors (Lipinski definition) is 4. The van der Waals surface area contributed by atoms with Gasteiger partial charge in [0.2, 0.25) is 0 Å². The van der Waals surface area contributed by atoms with Gasteiger partial charge in [0.05, 0.1) is 13.4 Å². The Morgan fingerprint density at radius 2 is 2.06 bits per heavy atom. The number of ether oxygens (including phenoxy) is 1. The molecule has 1 aromatic carbocycles. The number of aliphatic imine (C=N–C) groups is 2. The van der Waals surface area contributed by atoms with Gasteiger partial charge in [0.25, 0.3) is 5.91 Å². The molecule has 0 bridgehead atoms. The van der Waals surface area contributed by atoms with Crippen LogP contribution >= 0.6 is 0 Å². The fraction of sp³-hybridized carbons (Fsp3) is 0.154. The van der Waals surface area contributed by atoms with Crippen molar-refractivity contribution >= 4 is 23.5 Å². The largest absolute Gasteiger partial charge is 0.497 e. The van der Waals surface area contributed by atoms with Crippen molar-refractivity contribution in [3.63, 3.8) is 0 Å². The van der Waals surface area contributed by atoms with Crippen LogP contribution < -0.4 is 10.1 Å². The van der Waals surface area contributed by atoms with Crippen LogP contribution in [-0.2, 0) is 4.79 Å². The number of carbonyl (C=O) groups is 1. The van der Waals surface area contributed by atoms with E-state index in [-0.39, 0.29) is 11.9 Å². The van der Waals surface area contributed by atoms with Gasteiger partial charge in [-0.05, 0) is 17.7 Å². The SMILES string of the molecule is COc1ccc(C2=CN=C3C(=O)NC=NC23)cc1. The molecule has 5 nitrogen and oxygen atoms in total. The third-order valence-corrected chi connectivity index (χ3v) is 2.97. The highest BCUT2D eigenvalue weighted by Gasteiger charge is 2.32. The van der Waals surface area contributed by atoms with Crippen LogP contribution in [-0.4, -0.2) is 31.1 Å². The van der Waals surface area contributed by atoms with Gasteiger partial charge in [-0.1, -0.05) is 12.1 Å². The summed E-state index contributed by atoms with van der Waals surface area (Å²) < 4.78 is 5.11. The molecule has 2 aliphatic rings. The number of nitrogens with zero attached hydrogens (tertiary/aromatic N) is 2. The maximum atomic E-state index is 11.6. The zero-order valence-electron chi connectivity index (χ0n) is 9.75. The van der Waals surface area contributed by atoms with E-state index in [1.165, 1.54) is 6.34 Å². The predicted molar refractivity (Wildman–Crippen MR) is 68.8 cm³/mol. The second kappa shape index (κ2) is 4.10. The zero-order valence-corrected chi connectivity index (χ0v) is 9.75. The molecular weight excluding hydrogens is 230 g/mol. The van der Waals surface area contributed by atoms with Crippen molar-refractivity contribution in [3.8, 4) is 5.75 Å². The minimum absolute atomic E-state index is 0.185. The lowest BCUT2D eigenvalue weighted by atomic mass is 9.97. The Balaban J connectivity index is 1.92. The topological polar surface area (TPSA) is 63.0 Å². The molecule has 1 atom stereocenters. The van der Waals surface area contributed by atoms with Crippen molar-refractivity contribution in [1.29, 1.82) is 0 Å². The molecular formula is C13H11N3O2. The second-order valence-corrected chi connectivity index (χ2v) is 3.98. The summed E-state index contributed by atoms with van der Waals surface area (Å²) in [7, 11) is 1.63. The van der Waals surface area contributed by atoms with Crippen LogP contribution in [0.15, 0.2) is 40.5 Å². The van der Waals surface area contributed by atoms with Crippen molar-refractivity contribution in [2.24, 2.45) is 9.98 Å². The smallest absolute Gasteiger partial charge is 0.273 e. The maximum Gasteiger partial charge on any atom is 0.273 e. The number of nitrogens with one attached hydrogen (secondary N) is 1. The summed E-state index contributed by atoms with van der Waals surface area (Å²) in [5, 5.41) is 2.53. The first kappa shape index (κ1) is 10.7. The monoisotopic (exact) mass is 241 g/mol.